The van der Waals surface area contributed by atoms with Gasteiger partial charge in [-0.25, -0.2) is 13.2 Å². The first-order valence-corrected chi connectivity index (χ1v) is 11.4. The average molecular weight is 503 g/mol. The number of benzene rings is 3. The van der Waals surface area contributed by atoms with Gasteiger partial charge in [-0.1, -0.05) is 46.3 Å². The fourth-order valence-electron chi connectivity index (χ4n) is 2.84. The van der Waals surface area contributed by atoms with Gasteiger partial charge in [-0.05, 0) is 48.5 Å². The van der Waals surface area contributed by atoms with E-state index in [-0.39, 0.29) is 10.5 Å². The Morgan fingerprint density at radius 3 is 2.35 bits per heavy atom. The highest BCUT2D eigenvalue weighted by Crippen LogP contribution is 2.26. The Bertz CT molecular complexity index is 1200. The van der Waals surface area contributed by atoms with E-state index in [1.165, 1.54) is 25.3 Å². The van der Waals surface area contributed by atoms with Crippen molar-refractivity contribution in [1.29, 1.82) is 0 Å². The Morgan fingerprint density at radius 2 is 1.68 bits per heavy atom. The van der Waals surface area contributed by atoms with Gasteiger partial charge in [0, 0.05) is 10.2 Å². The number of carbonyl (C=O) groups excluding carboxylic acids is 2. The summed E-state index contributed by atoms with van der Waals surface area (Å²) in [6.45, 7) is -0.462. The molecule has 0 aliphatic heterocycles. The standard InChI is InChI=1S/C22H19BrN2O5S/c1-30-22(27)16-7-5-9-18(13-16)24-21(26)15-25(19-10-6-8-17(23)14-19)31(28,29)20-11-3-2-4-12-20/h2-14H,15H2,1H3,(H,24,26). The summed E-state index contributed by atoms with van der Waals surface area (Å²) in [7, 11) is -2.74. The summed E-state index contributed by atoms with van der Waals surface area (Å²) >= 11 is 3.34. The van der Waals surface area contributed by atoms with Gasteiger partial charge in [-0.15, -0.1) is 0 Å². The lowest BCUT2D eigenvalue weighted by Crippen LogP contribution is -2.38. The Labute approximate surface area is 188 Å². The van der Waals surface area contributed by atoms with Crippen molar-refractivity contribution >= 4 is 49.2 Å². The van der Waals surface area contributed by atoms with Crippen LogP contribution in [0.5, 0.6) is 0 Å². The Hall–Kier alpha value is -3.17. The van der Waals surface area contributed by atoms with Crippen molar-refractivity contribution < 1.29 is 22.7 Å². The van der Waals surface area contributed by atoms with Crippen molar-refractivity contribution in [2.75, 3.05) is 23.3 Å². The monoisotopic (exact) mass is 502 g/mol. The molecule has 1 amide bonds. The molecule has 0 saturated heterocycles. The van der Waals surface area contributed by atoms with Gasteiger partial charge in [0.25, 0.3) is 10.0 Å². The number of hydrogen-bond donors (Lipinski definition) is 1. The Kier molecular flexibility index (Phi) is 7.09. The van der Waals surface area contributed by atoms with E-state index in [9.17, 15) is 18.0 Å². The molecule has 0 spiro atoms. The number of esters is 1. The summed E-state index contributed by atoms with van der Waals surface area (Å²) in [5.74, 6) is -1.11. The maximum Gasteiger partial charge on any atom is 0.337 e. The lowest BCUT2D eigenvalue weighted by molar-refractivity contribution is -0.114. The second-order valence-electron chi connectivity index (χ2n) is 6.43. The SMILES string of the molecule is COC(=O)c1cccc(NC(=O)CN(c2cccc(Br)c2)S(=O)(=O)c2ccccc2)c1. The molecular weight excluding hydrogens is 484 g/mol. The summed E-state index contributed by atoms with van der Waals surface area (Å²) in [5, 5.41) is 2.64. The van der Waals surface area contributed by atoms with Crippen LogP contribution in [0.3, 0.4) is 0 Å². The lowest BCUT2D eigenvalue weighted by atomic mass is 10.2. The molecule has 0 aliphatic rings. The number of nitrogens with zero attached hydrogens (tertiary/aromatic N) is 1. The number of sulfonamides is 1. The molecule has 0 heterocycles. The predicted molar refractivity (Wildman–Crippen MR) is 122 cm³/mol. The first-order chi connectivity index (χ1) is 14.8. The van der Waals surface area contributed by atoms with Gasteiger partial charge in [-0.2, -0.15) is 0 Å². The first-order valence-electron chi connectivity index (χ1n) is 9.13. The van der Waals surface area contributed by atoms with E-state index in [4.69, 9.17) is 0 Å². The van der Waals surface area contributed by atoms with Crippen LogP contribution in [0, 0.1) is 0 Å². The molecule has 3 aromatic carbocycles. The molecule has 0 fully saturated rings. The van der Waals surface area contributed by atoms with Crippen molar-refractivity contribution in [3.8, 4) is 0 Å². The van der Waals surface area contributed by atoms with Gasteiger partial charge in [-0.3, -0.25) is 9.10 Å². The van der Waals surface area contributed by atoms with Crippen LogP contribution in [-0.4, -0.2) is 33.9 Å². The molecule has 7 nitrogen and oxygen atoms in total. The van der Waals surface area contributed by atoms with Gasteiger partial charge < -0.3 is 10.1 Å². The van der Waals surface area contributed by atoms with Crippen molar-refractivity contribution in [1.82, 2.24) is 0 Å². The zero-order valence-corrected chi connectivity index (χ0v) is 18.9. The van der Waals surface area contributed by atoms with E-state index in [2.05, 4.69) is 26.0 Å². The van der Waals surface area contributed by atoms with Crippen LogP contribution >= 0.6 is 15.9 Å². The number of rotatable bonds is 7. The van der Waals surface area contributed by atoms with Crippen molar-refractivity contribution in [3.63, 3.8) is 0 Å². The number of nitrogens with one attached hydrogen (secondary N) is 1. The molecule has 31 heavy (non-hydrogen) atoms. The predicted octanol–water partition coefficient (Wildman–Crippen LogP) is 4.07. The number of methoxy groups -OCH3 is 1. The molecule has 0 atom stereocenters. The van der Waals surface area contributed by atoms with Crippen LogP contribution < -0.4 is 9.62 Å². The van der Waals surface area contributed by atoms with E-state index in [0.29, 0.717) is 15.8 Å². The van der Waals surface area contributed by atoms with Crippen LogP contribution in [0.15, 0.2) is 88.2 Å². The van der Waals surface area contributed by atoms with E-state index in [1.807, 2.05) is 0 Å². The van der Waals surface area contributed by atoms with Crippen LogP contribution in [0.4, 0.5) is 11.4 Å². The van der Waals surface area contributed by atoms with E-state index >= 15 is 0 Å². The number of ether oxygens (including phenoxy) is 1. The van der Waals surface area contributed by atoms with E-state index in [0.717, 1.165) is 4.31 Å². The minimum absolute atomic E-state index is 0.0652. The third-order valence-electron chi connectivity index (χ3n) is 4.28. The zero-order valence-electron chi connectivity index (χ0n) is 16.5. The average Bonchev–Trinajstić information content (AvgIpc) is 2.77. The highest BCUT2D eigenvalue weighted by Gasteiger charge is 2.27. The number of amides is 1. The largest absolute Gasteiger partial charge is 0.465 e. The molecule has 0 bridgehead atoms. The fraction of sp³-hybridized carbons (Fsp3) is 0.0909. The Balaban J connectivity index is 1.91. The minimum Gasteiger partial charge on any atom is -0.465 e. The van der Waals surface area contributed by atoms with Crippen LogP contribution in [-0.2, 0) is 19.6 Å². The molecule has 1 N–H and O–H groups in total. The second-order valence-corrected chi connectivity index (χ2v) is 9.20. The number of hydrogen-bond acceptors (Lipinski definition) is 5. The highest BCUT2D eigenvalue weighted by atomic mass is 79.9. The quantitative estimate of drug-likeness (QED) is 0.491. The molecule has 0 radical (unpaired) electrons. The van der Waals surface area contributed by atoms with Gasteiger partial charge in [0.15, 0.2) is 0 Å². The van der Waals surface area contributed by atoms with Gasteiger partial charge >= 0.3 is 5.97 Å². The molecular formula is C22H19BrN2O5S. The molecule has 9 heteroatoms. The first kappa shape index (κ1) is 22.5. The Morgan fingerprint density at radius 1 is 0.968 bits per heavy atom. The van der Waals surface area contributed by atoms with Crippen LogP contribution in [0.25, 0.3) is 0 Å². The number of halogens is 1. The topological polar surface area (TPSA) is 92.8 Å². The number of carbonyl (C=O) groups is 2. The maximum absolute atomic E-state index is 13.3. The summed E-state index contributed by atoms with van der Waals surface area (Å²) in [6.07, 6.45) is 0. The van der Waals surface area contributed by atoms with Gasteiger partial charge in [0.05, 0.1) is 23.3 Å². The third kappa shape index (κ3) is 5.50. The summed E-state index contributed by atoms with van der Waals surface area (Å²) in [4.78, 5) is 24.5. The highest BCUT2D eigenvalue weighted by molar-refractivity contribution is 9.10. The molecule has 3 aromatic rings. The van der Waals surface area contributed by atoms with Gasteiger partial charge in [0.2, 0.25) is 5.91 Å². The third-order valence-corrected chi connectivity index (χ3v) is 6.56. The molecule has 0 aliphatic carbocycles. The fourth-order valence-corrected chi connectivity index (χ4v) is 4.66. The normalized spacial score (nSPS) is 10.9. The summed E-state index contributed by atoms with van der Waals surface area (Å²) < 4.78 is 33.0. The van der Waals surface area contributed by atoms with Crippen LogP contribution in [0.2, 0.25) is 0 Å². The van der Waals surface area contributed by atoms with Gasteiger partial charge in [0.1, 0.15) is 6.54 Å². The smallest absolute Gasteiger partial charge is 0.337 e. The van der Waals surface area contributed by atoms with Crippen molar-refractivity contribution in [2.24, 2.45) is 0 Å². The van der Waals surface area contributed by atoms with Crippen molar-refractivity contribution in [2.45, 2.75) is 4.90 Å². The van der Waals surface area contributed by atoms with E-state index in [1.54, 1.807) is 60.7 Å². The molecule has 160 valence electrons. The summed E-state index contributed by atoms with van der Waals surface area (Å²) in [6, 6.07) is 20.7. The molecule has 0 saturated carbocycles. The maximum atomic E-state index is 13.3. The number of anilines is 2. The molecule has 3 rings (SSSR count). The zero-order chi connectivity index (χ0) is 22.4. The summed E-state index contributed by atoms with van der Waals surface area (Å²) in [5.41, 5.74) is 0.942. The minimum atomic E-state index is -4.01. The van der Waals surface area contributed by atoms with Crippen LogP contribution in [0.1, 0.15) is 10.4 Å². The molecule has 0 unspecified atom stereocenters. The van der Waals surface area contributed by atoms with E-state index < -0.39 is 28.4 Å². The lowest BCUT2D eigenvalue weighted by Gasteiger charge is -2.24. The molecule has 0 aromatic heterocycles. The van der Waals surface area contributed by atoms with Crippen molar-refractivity contribution in [3.05, 3.63) is 88.9 Å². The second kappa shape index (κ2) is 9.76.